The lowest BCUT2D eigenvalue weighted by molar-refractivity contribution is 0.503. The van der Waals surface area contributed by atoms with Gasteiger partial charge < -0.3 is 5.32 Å². The summed E-state index contributed by atoms with van der Waals surface area (Å²) in [5.74, 6) is 0.506. The monoisotopic (exact) mass is 298 g/mol. The van der Waals surface area contributed by atoms with E-state index in [0.717, 1.165) is 19.4 Å². The molecule has 20 heavy (non-hydrogen) atoms. The van der Waals surface area contributed by atoms with Crippen LogP contribution in [-0.4, -0.2) is 31.5 Å². The van der Waals surface area contributed by atoms with Crippen molar-refractivity contribution in [2.45, 2.75) is 46.1 Å². The normalized spacial score (nSPS) is 13.3. The van der Waals surface area contributed by atoms with Gasteiger partial charge in [0.2, 0.25) is 0 Å². The summed E-state index contributed by atoms with van der Waals surface area (Å²) >= 11 is 0. The molecule has 5 heteroatoms. The van der Waals surface area contributed by atoms with Crippen LogP contribution < -0.4 is 5.32 Å². The van der Waals surface area contributed by atoms with Gasteiger partial charge in [-0.2, -0.15) is 0 Å². The van der Waals surface area contributed by atoms with Gasteiger partial charge in [0.15, 0.2) is 0 Å². The van der Waals surface area contributed by atoms with Crippen molar-refractivity contribution in [2.75, 3.05) is 18.1 Å². The van der Waals surface area contributed by atoms with Gasteiger partial charge in [-0.3, -0.25) is 4.98 Å². The predicted octanol–water partition coefficient (Wildman–Crippen LogP) is 2.51. The number of aryl methyl sites for hydroxylation is 1. The second-order valence-corrected chi connectivity index (χ2v) is 7.39. The predicted molar refractivity (Wildman–Crippen MR) is 83.6 cm³/mol. The summed E-state index contributed by atoms with van der Waals surface area (Å²) in [7, 11) is -2.87. The molecule has 4 nitrogen and oxygen atoms in total. The molecule has 0 aliphatic carbocycles. The SMILES string of the molecule is CCNC(CCCS(=O)(=O)CC)c1ccncc1CC. The summed E-state index contributed by atoms with van der Waals surface area (Å²) in [6.45, 7) is 6.76. The molecule has 0 spiro atoms. The molecule has 1 aromatic heterocycles. The highest BCUT2D eigenvalue weighted by atomic mass is 32.2. The molecule has 1 atom stereocenters. The van der Waals surface area contributed by atoms with E-state index in [1.807, 2.05) is 18.5 Å². The third-order valence-corrected chi connectivity index (χ3v) is 5.33. The number of pyridine rings is 1. The van der Waals surface area contributed by atoms with Crippen molar-refractivity contribution in [1.29, 1.82) is 0 Å². The largest absolute Gasteiger partial charge is 0.310 e. The van der Waals surface area contributed by atoms with E-state index in [0.29, 0.717) is 6.42 Å². The second-order valence-electron chi connectivity index (χ2n) is 4.92. The molecule has 0 amide bonds. The fourth-order valence-corrected chi connectivity index (χ4v) is 3.23. The summed E-state index contributed by atoms with van der Waals surface area (Å²) in [5, 5.41) is 3.46. The smallest absolute Gasteiger partial charge is 0.150 e. The van der Waals surface area contributed by atoms with Crippen LogP contribution in [0, 0.1) is 0 Å². The van der Waals surface area contributed by atoms with Gasteiger partial charge in [0.25, 0.3) is 0 Å². The standard InChI is InChI=1S/C15H26N2O2S/c1-4-13-12-16-10-9-14(13)15(17-5-2)8-7-11-20(18,19)6-3/h9-10,12,15,17H,4-8,11H2,1-3H3. The average molecular weight is 298 g/mol. The van der Waals surface area contributed by atoms with Crippen molar-refractivity contribution in [3.63, 3.8) is 0 Å². The van der Waals surface area contributed by atoms with Crippen LogP contribution in [0.1, 0.15) is 50.8 Å². The van der Waals surface area contributed by atoms with Crippen molar-refractivity contribution in [3.05, 3.63) is 29.6 Å². The van der Waals surface area contributed by atoms with Gasteiger partial charge in [0.05, 0.1) is 5.75 Å². The van der Waals surface area contributed by atoms with E-state index < -0.39 is 9.84 Å². The molecular weight excluding hydrogens is 272 g/mol. The Morgan fingerprint density at radius 1 is 1.30 bits per heavy atom. The molecule has 1 aromatic rings. The Morgan fingerprint density at radius 2 is 2.05 bits per heavy atom. The second kappa shape index (κ2) is 8.37. The van der Waals surface area contributed by atoms with E-state index in [2.05, 4.69) is 24.1 Å². The Labute approximate surface area is 122 Å². The molecule has 114 valence electrons. The van der Waals surface area contributed by atoms with Crippen molar-refractivity contribution in [1.82, 2.24) is 10.3 Å². The lowest BCUT2D eigenvalue weighted by Crippen LogP contribution is -2.23. The zero-order valence-electron chi connectivity index (χ0n) is 12.7. The molecule has 1 heterocycles. The Balaban J connectivity index is 2.74. The first-order chi connectivity index (χ1) is 9.54. The van der Waals surface area contributed by atoms with Crippen molar-refractivity contribution < 1.29 is 8.42 Å². The number of nitrogens with zero attached hydrogens (tertiary/aromatic N) is 1. The minimum absolute atomic E-state index is 0.213. The van der Waals surface area contributed by atoms with E-state index in [4.69, 9.17) is 0 Å². The van der Waals surface area contributed by atoms with Crippen LogP contribution in [0.3, 0.4) is 0 Å². The van der Waals surface area contributed by atoms with Crippen LogP contribution in [0.4, 0.5) is 0 Å². The molecule has 1 rings (SSSR count). The van der Waals surface area contributed by atoms with Crippen molar-refractivity contribution in [3.8, 4) is 0 Å². The third-order valence-electron chi connectivity index (χ3n) is 3.54. The fraction of sp³-hybridized carbons (Fsp3) is 0.667. The third kappa shape index (κ3) is 5.21. The molecule has 0 bridgehead atoms. The number of sulfone groups is 1. The maximum Gasteiger partial charge on any atom is 0.150 e. The van der Waals surface area contributed by atoms with Gasteiger partial charge in [0.1, 0.15) is 9.84 Å². The molecule has 0 radical (unpaired) electrons. The van der Waals surface area contributed by atoms with Crippen LogP contribution in [0.25, 0.3) is 0 Å². The molecule has 0 fully saturated rings. The van der Waals surface area contributed by atoms with E-state index in [1.165, 1.54) is 11.1 Å². The lowest BCUT2D eigenvalue weighted by Gasteiger charge is -2.20. The molecule has 0 saturated heterocycles. The molecule has 0 aliphatic heterocycles. The Kier molecular flexibility index (Phi) is 7.16. The molecular formula is C15H26N2O2S. The minimum Gasteiger partial charge on any atom is -0.310 e. The average Bonchev–Trinajstić information content (AvgIpc) is 2.46. The number of hydrogen-bond donors (Lipinski definition) is 1. The number of hydrogen-bond acceptors (Lipinski definition) is 4. The number of rotatable bonds is 9. The Bertz CT molecular complexity index is 500. The van der Waals surface area contributed by atoms with E-state index in [-0.39, 0.29) is 17.5 Å². The van der Waals surface area contributed by atoms with Crippen LogP contribution in [0.5, 0.6) is 0 Å². The Morgan fingerprint density at radius 3 is 2.65 bits per heavy atom. The highest BCUT2D eigenvalue weighted by molar-refractivity contribution is 7.91. The zero-order chi connectivity index (χ0) is 15.0. The fourth-order valence-electron chi connectivity index (χ4n) is 2.34. The number of nitrogens with one attached hydrogen (secondary N) is 1. The van der Waals surface area contributed by atoms with Crippen LogP contribution in [0.15, 0.2) is 18.5 Å². The van der Waals surface area contributed by atoms with Crippen LogP contribution in [0.2, 0.25) is 0 Å². The van der Waals surface area contributed by atoms with Gasteiger partial charge in [-0.1, -0.05) is 20.8 Å². The first-order valence-electron chi connectivity index (χ1n) is 7.40. The quantitative estimate of drug-likeness (QED) is 0.761. The zero-order valence-corrected chi connectivity index (χ0v) is 13.5. The molecule has 0 saturated carbocycles. The first-order valence-corrected chi connectivity index (χ1v) is 9.22. The van der Waals surface area contributed by atoms with Crippen LogP contribution >= 0.6 is 0 Å². The molecule has 0 aromatic carbocycles. The maximum absolute atomic E-state index is 11.6. The molecule has 0 aliphatic rings. The molecule has 1 N–H and O–H groups in total. The topological polar surface area (TPSA) is 59.1 Å². The van der Waals surface area contributed by atoms with Crippen molar-refractivity contribution in [2.24, 2.45) is 0 Å². The van der Waals surface area contributed by atoms with E-state index in [1.54, 1.807) is 6.92 Å². The van der Waals surface area contributed by atoms with Crippen LogP contribution in [-0.2, 0) is 16.3 Å². The van der Waals surface area contributed by atoms with Gasteiger partial charge in [0, 0.05) is 24.2 Å². The lowest BCUT2D eigenvalue weighted by atomic mass is 9.97. The highest BCUT2D eigenvalue weighted by Gasteiger charge is 2.15. The number of aromatic nitrogens is 1. The van der Waals surface area contributed by atoms with Gasteiger partial charge in [-0.05, 0) is 43.0 Å². The summed E-state index contributed by atoms with van der Waals surface area (Å²) in [6.07, 6.45) is 6.19. The van der Waals surface area contributed by atoms with Crippen molar-refractivity contribution >= 4 is 9.84 Å². The van der Waals surface area contributed by atoms with Gasteiger partial charge in [-0.15, -0.1) is 0 Å². The minimum atomic E-state index is -2.87. The summed E-state index contributed by atoms with van der Waals surface area (Å²) in [6, 6.07) is 2.26. The Hall–Kier alpha value is -0.940. The first kappa shape index (κ1) is 17.1. The maximum atomic E-state index is 11.6. The molecule has 1 unspecified atom stereocenters. The summed E-state index contributed by atoms with van der Waals surface area (Å²) < 4.78 is 23.1. The van der Waals surface area contributed by atoms with Gasteiger partial charge >= 0.3 is 0 Å². The summed E-state index contributed by atoms with van der Waals surface area (Å²) in [4.78, 5) is 4.17. The van der Waals surface area contributed by atoms with Gasteiger partial charge in [-0.25, -0.2) is 8.42 Å². The summed E-state index contributed by atoms with van der Waals surface area (Å²) in [5.41, 5.74) is 2.48. The van der Waals surface area contributed by atoms with E-state index >= 15 is 0 Å². The highest BCUT2D eigenvalue weighted by Crippen LogP contribution is 2.22. The van der Waals surface area contributed by atoms with E-state index in [9.17, 15) is 8.42 Å².